The lowest BCUT2D eigenvalue weighted by molar-refractivity contribution is -0.416. The Hall–Kier alpha value is -2.11. The predicted octanol–water partition coefficient (Wildman–Crippen LogP) is 3.04. The molecule has 0 bridgehead atoms. The van der Waals surface area contributed by atoms with E-state index in [2.05, 4.69) is 36.9 Å². The van der Waals surface area contributed by atoms with Crippen LogP contribution in [0.3, 0.4) is 0 Å². The number of rotatable bonds is 9. The first-order valence-corrected chi connectivity index (χ1v) is 11.5. The lowest BCUT2D eigenvalue weighted by atomic mass is 9.86. The smallest absolute Gasteiger partial charge is 0.326 e. The summed E-state index contributed by atoms with van der Waals surface area (Å²) in [6.45, 7) is 2.21. The topological polar surface area (TPSA) is 118 Å². The molecule has 0 aromatic heterocycles. The Bertz CT molecular complexity index is 889. The number of hydrogen-bond donors (Lipinski definition) is 4. The predicted molar refractivity (Wildman–Crippen MR) is 123 cm³/mol. The molecule has 1 fully saturated rings. The first kappa shape index (κ1) is 24.5. The standard InChI is InChI=1S/C21H29BrF2N6O2/c1-13-15(3-2-4-17(13)22)9-21(25)28-11-18(30(31)32)20(29-21)27-10-14-5-7-16(8-6-14)26-12-19(23)24/h2-4,11,14,16,19,26-27,29H,5-10,12,25H2,1H3. The molecule has 5 N–H and O–H groups in total. The van der Waals surface area contributed by atoms with Gasteiger partial charge in [0.05, 0.1) is 11.5 Å². The molecule has 2 aliphatic rings. The van der Waals surface area contributed by atoms with Crippen LogP contribution >= 0.6 is 15.9 Å². The third-order valence-electron chi connectivity index (χ3n) is 6.03. The average molecular weight is 515 g/mol. The van der Waals surface area contributed by atoms with Crippen LogP contribution in [0.25, 0.3) is 0 Å². The van der Waals surface area contributed by atoms with Crippen molar-refractivity contribution < 1.29 is 13.7 Å². The van der Waals surface area contributed by atoms with Gasteiger partial charge in [-0.1, -0.05) is 28.1 Å². The van der Waals surface area contributed by atoms with Crippen molar-refractivity contribution in [3.05, 3.63) is 55.4 Å². The summed E-state index contributed by atoms with van der Waals surface area (Å²) < 4.78 is 25.7. The van der Waals surface area contributed by atoms with Crippen LogP contribution in [0.2, 0.25) is 0 Å². The number of alkyl halides is 2. The van der Waals surface area contributed by atoms with Crippen molar-refractivity contribution in [3.8, 4) is 0 Å². The average Bonchev–Trinajstić information content (AvgIpc) is 2.74. The number of nitrogens with zero attached hydrogens (tertiary/aromatic N) is 2. The number of aliphatic imine (C=N–C) groups is 1. The molecule has 0 spiro atoms. The van der Waals surface area contributed by atoms with Gasteiger partial charge < -0.3 is 16.0 Å². The van der Waals surface area contributed by atoms with Gasteiger partial charge in [-0.15, -0.1) is 0 Å². The summed E-state index contributed by atoms with van der Waals surface area (Å²) in [6.07, 6.45) is 2.53. The van der Waals surface area contributed by atoms with E-state index in [1.807, 2.05) is 25.1 Å². The fourth-order valence-electron chi connectivity index (χ4n) is 4.12. The molecule has 1 aromatic carbocycles. The minimum Gasteiger partial charge on any atom is -0.366 e. The highest BCUT2D eigenvalue weighted by Gasteiger charge is 2.34. The van der Waals surface area contributed by atoms with E-state index in [0.29, 0.717) is 18.9 Å². The first-order valence-electron chi connectivity index (χ1n) is 10.7. The summed E-state index contributed by atoms with van der Waals surface area (Å²) in [5, 5.41) is 20.6. The number of benzene rings is 1. The largest absolute Gasteiger partial charge is 0.366 e. The molecular weight excluding hydrogens is 486 g/mol. The van der Waals surface area contributed by atoms with Gasteiger partial charge in [-0.05, 0) is 55.7 Å². The zero-order valence-corrected chi connectivity index (χ0v) is 19.5. The minimum atomic E-state index is -2.35. The Kier molecular flexibility index (Phi) is 8.18. The van der Waals surface area contributed by atoms with Gasteiger partial charge in [-0.3, -0.25) is 15.8 Å². The number of nitrogens with two attached hydrogens (primary N) is 1. The highest BCUT2D eigenvalue weighted by atomic mass is 79.9. The van der Waals surface area contributed by atoms with Gasteiger partial charge in [0, 0.05) is 23.5 Å². The van der Waals surface area contributed by atoms with Crippen LogP contribution in [0.15, 0.2) is 39.2 Å². The normalized spacial score (nSPS) is 25.7. The molecule has 1 heterocycles. The Balaban J connectivity index is 1.61. The molecule has 0 saturated heterocycles. The molecule has 176 valence electrons. The number of hydrogen-bond acceptors (Lipinski definition) is 7. The van der Waals surface area contributed by atoms with E-state index in [4.69, 9.17) is 5.73 Å². The summed E-state index contributed by atoms with van der Waals surface area (Å²) in [5.74, 6) is -0.678. The van der Waals surface area contributed by atoms with E-state index in [0.717, 1.165) is 41.3 Å². The summed E-state index contributed by atoms with van der Waals surface area (Å²) in [4.78, 5) is 15.3. The fraction of sp³-hybridized carbons (Fsp3) is 0.571. The Morgan fingerprint density at radius 1 is 1.38 bits per heavy atom. The van der Waals surface area contributed by atoms with Gasteiger partial charge in [-0.25, -0.2) is 13.8 Å². The van der Waals surface area contributed by atoms with Crippen LogP contribution in [0.5, 0.6) is 0 Å². The van der Waals surface area contributed by atoms with E-state index < -0.39 is 17.1 Å². The third-order valence-corrected chi connectivity index (χ3v) is 6.89. The molecule has 1 aromatic rings. The van der Waals surface area contributed by atoms with Gasteiger partial charge in [0.1, 0.15) is 6.21 Å². The van der Waals surface area contributed by atoms with Gasteiger partial charge in [-0.2, -0.15) is 0 Å². The van der Waals surface area contributed by atoms with Gasteiger partial charge in [0.15, 0.2) is 11.6 Å². The lowest BCUT2D eigenvalue weighted by Gasteiger charge is -2.33. The van der Waals surface area contributed by atoms with Crippen molar-refractivity contribution in [2.24, 2.45) is 16.6 Å². The molecule has 3 rings (SSSR count). The van der Waals surface area contributed by atoms with Crippen LogP contribution in [0.4, 0.5) is 8.78 Å². The molecule has 1 unspecified atom stereocenters. The number of nitro groups is 1. The maximum absolute atomic E-state index is 12.4. The molecule has 1 aliphatic carbocycles. The summed E-state index contributed by atoms with van der Waals surface area (Å²) in [7, 11) is 0. The molecule has 32 heavy (non-hydrogen) atoms. The highest BCUT2D eigenvalue weighted by molar-refractivity contribution is 9.10. The van der Waals surface area contributed by atoms with Crippen molar-refractivity contribution >= 4 is 22.1 Å². The maximum Gasteiger partial charge on any atom is 0.326 e. The van der Waals surface area contributed by atoms with Crippen molar-refractivity contribution in [2.75, 3.05) is 13.1 Å². The Morgan fingerprint density at radius 3 is 2.75 bits per heavy atom. The molecule has 11 heteroatoms. The summed E-state index contributed by atoms with van der Waals surface area (Å²) >= 11 is 3.51. The van der Waals surface area contributed by atoms with Crippen molar-refractivity contribution in [2.45, 2.75) is 57.3 Å². The molecule has 1 atom stereocenters. The second-order valence-electron chi connectivity index (χ2n) is 8.42. The zero-order valence-electron chi connectivity index (χ0n) is 17.9. The molecule has 1 saturated carbocycles. The zero-order chi connectivity index (χ0) is 23.3. The van der Waals surface area contributed by atoms with Crippen LogP contribution in [0.1, 0.15) is 36.8 Å². The third kappa shape index (κ3) is 6.46. The molecule has 8 nitrogen and oxygen atoms in total. The van der Waals surface area contributed by atoms with Crippen LogP contribution in [-0.4, -0.2) is 42.5 Å². The van der Waals surface area contributed by atoms with Crippen LogP contribution in [-0.2, 0) is 6.42 Å². The van der Waals surface area contributed by atoms with Crippen molar-refractivity contribution in [1.82, 2.24) is 16.0 Å². The summed E-state index contributed by atoms with van der Waals surface area (Å²) in [5.41, 5.74) is 8.30. The quantitative estimate of drug-likeness (QED) is 0.297. The Morgan fingerprint density at radius 2 is 2.09 bits per heavy atom. The SMILES string of the molecule is Cc1c(Br)cccc1CC1(N)N=CC([N+](=O)[O-])=C(NCC2CCC(NCC(F)F)CC2)N1. The van der Waals surface area contributed by atoms with E-state index >= 15 is 0 Å². The van der Waals surface area contributed by atoms with Crippen molar-refractivity contribution in [3.63, 3.8) is 0 Å². The Labute approximate surface area is 194 Å². The monoisotopic (exact) mass is 514 g/mol. The van der Waals surface area contributed by atoms with Crippen molar-refractivity contribution in [1.29, 1.82) is 0 Å². The fourth-order valence-corrected chi connectivity index (χ4v) is 4.53. The second kappa shape index (κ2) is 10.7. The van der Waals surface area contributed by atoms with E-state index in [9.17, 15) is 18.9 Å². The summed E-state index contributed by atoms with van der Waals surface area (Å²) in [6, 6.07) is 5.90. The van der Waals surface area contributed by atoms with E-state index in [1.54, 1.807) is 0 Å². The van der Waals surface area contributed by atoms with Gasteiger partial charge in [0.2, 0.25) is 0 Å². The number of nitrogens with one attached hydrogen (secondary N) is 3. The molecule has 1 aliphatic heterocycles. The lowest BCUT2D eigenvalue weighted by Crippen LogP contribution is -2.58. The highest BCUT2D eigenvalue weighted by Crippen LogP contribution is 2.26. The van der Waals surface area contributed by atoms with Gasteiger partial charge in [0.25, 0.3) is 6.43 Å². The van der Waals surface area contributed by atoms with Crippen LogP contribution < -0.4 is 21.7 Å². The molecule has 0 amide bonds. The first-order chi connectivity index (χ1) is 15.2. The van der Waals surface area contributed by atoms with E-state index in [-0.39, 0.29) is 24.1 Å². The number of halogens is 3. The van der Waals surface area contributed by atoms with Gasteiger partial charge >= 0.3 is 5.70 Å². The number of allylic oxidation sites excluding steroid dienone is 1. The second-order valence-corrected chi connectivity index (χ2v) is 9.28. The van der Waals surface area contributed by atoms with E-state index in [1.165, 1.54) is 6.21 Å². The van der Waals surface area contributed by atoms with Crippen LogP contribution in [0, 0.1) is 23.0 Å². The molecular formula is C21H29BrF2N6O2. The maximum atomic E-state index is 12.4. The molecule has 0 radical (unpaired) electrons. The minimum absolute atomic E-state index is 0.0962.